The number of nitrogens with one attached hydrogen (secondary N) is 1. The van der Waals surface area contributed by atoms with Gasteiger partial charge in [0.1, 0.15) is 0 Å². The summed E-state index contributed by atoms with van der Waals surface area (Å²) in [5.41, 5.74) is 5.67. The van der Waals surface area contributed by atoms with Crippen molar-refractivity contribution in [3.63, 3.8) is 0 Å². The molecule has 0 amide bonds. The topological polar surface area (TPSA) is 94.3 Å². The molecule has 0 saturated carbocycles. The van der Waals surface area contributed by atoms with E-state index in [9.17, 15) is 8.42 Å². The van der Waals surface area contributed by atoms with Gasteiger partial charge in [-0.3, -0.25) is 0 Å². The summed E-state index contributed by atoms with van der Waals surface area (Å²) >= 11 is 1.16. The van der Waals surface area contributed by atoms with Gasteiger partial charge in [0.15, 0.2) is 26.4 Å². The molecule has 0 spiro atoms. The molecule has 0 unspecified atom stereocenters. The summed E-state index contributed by atoms with van der Waals surface area (Å²) in [5.74, 6) is 0.813. The molecule has 1 rings (SSSR count). The molecule has 18 heavy (non-hydrogen) atoms. The van der Waals surface area contributed by atoms with Crippen LogP contribution in [0.5, 0.6) is 5.75 Å². The van der Waals surface area contributed by atoms with Gasteiger partial charge in [-0.25, -0.2) is 8.42 Å². The van der Waals surface area contributed by atoms with Gasteiger partial charge in [0.2, 0.25) is 0 Å². The Morgan fingerprint density at radius 1 is 1.50 bits per heavy atom. The number of hydrogen-bond acceptors (Lipinski definition) is 7. The van der Waals surface area contributed by atoms with E-state index < -0.39 is 14.6 Å². The van der Waals surface area contributed by atoms with Crippen molar-refractivity contribution in [1.82, 2.24) is 4.37 Å². The van der Waals surface area contributed by atoms with Crippen LogP contribution >= 0.6 is 11.5 Å². The first-order chi connectivity index (χ1) is 8.19. The molecular weight excluding hydrogens is 274 g/mol. The zero-order valence-electron chi connectivity index (χ0n) is 11.0. The smallest absolute Gasteiger partial charge is 0.197 e. The zero-order valence-corrected chi connectivity index (χ0v) is 12.6. The number of sulfone groups is 1. The van der Waals surface area contributed by atoms with Crippen LogP contribution < -0.4 is 15.8 Å². The molecule has 0 saturated heterocycles. The van der Waals surface area contributed by atoms with Crippen LogP contribution in [0.2, 0.25) is 0 Å². The van der Waals surface area contributed by atoms with E-state index in [2.05, 4.69) is 9.69 Å². The maximum atomic E-state index is 11.6. The van der Waals surface area contributed by atoms with Crippen molar-refractivity contribution in [2.45, 2.75) is 25.5 Å². The van der Waals surface area contributed by atoms with Crippen molar-refractivity contribution in [3.05, 3.63) is 0 Å². The van der Waals surface area contributed by atoms with E-state index in [1.54, 1.807) is 13.8 Å². The Morgan fingerprint density at radius 2 is 2.11 bits per heavy atom. The second-order valence-corrected chi connectivity index (χ2v) is 7.97. The lowest BCUT2D eigenvalue weighted by atomic mass is 10.2. The van der Waals surface area contributed by atoms with Gasteiger partial charge in [-0.15, -0.1) is 0 Å². The van der Waals surface area contributed by atoms with E-state index >= 15 is 0 Å². The summed E-state index contributed by atoms with van der Waals surface area (Å²) in [6.07, 6.45) is 1.22. The van der Waals surface area contributed by atoms with Crippen LogP contribution in [-0.4, -0.2) is 36.9 Å². The summed E-state index contributed by atoms with van der Waals surface area (Å²) in [4.78, 5) is 0. The van der Waals surface area contributed by atoms with Crippen LogP contribution in [0.15, 0.2) is 0 Å². The average Bonchev–Trinajstić information content (AvgIpc) is 2.57. The molecule has 0 aliphatic carbocycles. The Balaban J connectivity index is 2.81. The summed E-state index contributed by atoms with van der Waals surface area (Å²) in [6, 6.07) is 0. The van der Waals surface area contributed by atoms with Crippen molar-refractivity contribution in [2.24, 2.45) is 0 Å². The zero-order chi connectivity index (χ0) is 14.0. The minimum atomic E-state index is -3.14. The van der Waals surface area contributed by atoms with Crippen LogP contribution in [-0.2, 0) is 9.84 Å². The number of nitrogen functional groups attached to an aromatic ring is 1. The molecule has 104 valence electrons. The molecule has 0 aliphatic rings. The van der Waals surface area contributed by atoms with Crippen molar-refractivity contribution in [1.29, 1.82) is 0 Å². The van der Waals surface area contributed by atoms with Crippen LogP contribution in [0.25, 0.3) is 0 Å². The van der Waals surface area contributed by atoms with E-state index in [1.807, 2.05) is 6.92 Å². The summed E-state index contributed by atoms with van der Waals surface area (Å²) in [6.45, 7) is 5.93. The number of nitrogens with two attached hydrogens (primary N) is 1. The van der Waals surface area contributed by atoms with E-state index in [4.69, 9.17) is 10.5 Å². The molecule has 0 aromatic carbocycles. The van der Waals surface area contributed by atoms with Gasteiger partial charge in [0.25, 0.3) is 0 Å². The molecule has 0 radical (unpaired) electrons. The number of aromatic nitrogens is 1. The van der Waals surface area contributed by atoms with Gasteiger partial charge in [0, 0.05) is 12.8 Å². The maximum absolute atomic E-state index is 11.6. The molecule has 8 heteroatoms. The summed E-state index contributed by atoms with van der Waals surface area (Å²) in [7, 11) is -3.14. The Labute approximate surface area is 112 Å². The number of ether oxygens (including phenoxy) is 1. The largest absolute Gasteiger partial charge is 0.487 e. The lowest BCUT2D eigenvalue weighted by molar-refractivity contribution is 0.344. The first kappa shape index (κ1) is 15.0. The highest BCUT2D eigenvalue weighted by Gasteiger charge is 2.30. The average molecular weight is 293 g/mol. The molecule has 1 heterocycles. The van der Waals surface area contributed by atoms with Crippen LogP contribution in [0.1, 0.15) is 20.8 Å². The third-order valence-electron chi connectivity index (χ3n) is 2.64. The molecule has 0 fully saturated rings. The molecule has 3 N–H and O–H groups in total. The fraction of sp³-hybridized carbons (Fsp3) is 0.700. The Morgan fingerprint density at radius 3 is 2.61 bits per heavy atom. The second kappa shape index (κ2) is 5.31. The highest BCUT2D eigenvalue weighted by molar-refractivity contribution is 7.92. The van der Waals surface area contributed by atoms with Crippen molar-refractivity contribution < 1.29 is 13.2 Å². The second-order valence-electron chi connectivity index (χ2n) is 4.54. The van der Waals surface area contributed by atoms with Gasteiger partial charge in [-0.2, -0.15) is 4.37 Å². The van der Waals surface area contributed by atoms with Crippen molar-refractivity contribution >= 4 is 32.2 Å². The van der Waals surface area contributed by atoms with Gasteiger partial charge in [-0.1, -0.05) is 0 Å². The molecule has 6 nitrogen and oxygen atoms in total. The predicted octanol–water partition coefficient (Wildman–Crippen LogP) is 1.36. The van der Waals surface area contributed by atoms with E-state index in [0.29, 0.717) is 23.2 Å². The lowest BCUT2D eigenvalue weighted by Gasteiger charge is -2.23. The molecule has 0 bridgehead atoms. The Hall–Kier alpha value is -1.02. The Bertz CT molecular complexity index is 508. The minimum Gasteiger partial charge on any atom is -0.487 e. The number of rotatable bonds is 6. The number of hydrogen-bond donors (Lipinski definition) is 2. The standard InChI is InChI=1S/C10H19N3O3S2/c1-5-16-7-8(11)13-17-9(7)12-6-10(2,3)18(4,14)15/h12H,5-6H2,1-4H3,(H2,11,13). The van der Waals surface area contributed by atoms with Crippen LogP contribution in [0.3, 0.4) is 0 Å². The van der Waals surface area contributed by atoms with Crippen LogP contribution in [0, 0.1) is 0 Å². The summed E-state index contributed by atoms with van der Waals surface area (Å²) in [5, 5.41) is 3.70. The van der Waals surface area contributed by atoms with Gasteiger partial charge in [-0.05, 0) is 32.3 Å². The quantitative estimate of drug-likeness (QED) is 0.822. The fourth-order valence-electron chi connectivity index (χ4n) is 1.11. The minimum absolute atomic E-state index is 0.271. The molecule has 1 aromatic rings. The van der Waals surface area contributed by atoms with Crippen molar-refractivity contribution in [2.75, 3.05) is 30.5 Å². The first-order valence-electron chi connectivity index (χ1n) is 5.50. The highest BCUT2D eigenvalue weighted by atomic mass is 32.2. The first-order valence-corrected chi connectivity index (χ1v) is 8.17. The normalized spacial score (nSPS) is 12.4. The van der Waals surface area contributed by atoms with E-state index in [-0.39, 0.29) is 6.54 Å². The van der Waals surface area contributed by atoms with E-state index in [0.717, 1.165) is 11.5 Å². The van der Waals surface area contributed by atoms with Crippen molar-refractivity contribution in [3.8, 4) is 5.75 Å². The Kier molecular flexibility index (Phi) is 4.44. The van der Waals surface area contributed by atoms with Gasteiger partial charge in [0.05, 0.1) is 11.4 Å². The van der Waals surface area contributed by atoms with Gasteiger partial charge >= 0.3 is 0 Å². The molecule has 0 atom stereocenters. The van der Waals surface area contributed by atoms with E-state index in [1.165, 1.54) is 6.26 Å². The third-order valence-corrected chi connectivity index (χ3v) is 5.59. The molecular formula is C10H19N3O3S2. The number of nitrogens with zero attached hydrogens (tertiary/aromatic N) is 1. The van der Waals surface area contributed by atoms with Crippen LogP contribution in [0.4, 0.5) is 10.8 Å². The number of anilines is 2. The monoisotopic (exact) mass is 293 g/mol. The predicted molar refractivity (Wildman–Crippen MR) is 75.1 cm³/mol. The van der Waals surface area contributed by atoms with Gasteiger partial charge < -0.3 is 15.8 Å². The highest BCUT2D eigenvalue weighted by Crippen LogP contribution is 2.35. The molecule has 1 aromatic heterocycles. The lowest BCUT2D eigenvalue weighted by Crippen LogP contribution is -2.38. The maximum Gasteiger partial charge on any atom is 0.197 e. The third kappa shape index (κ3) is 3.26. The summed E-state index contributed by atoms with van der Waals surface area (Å²) < 4.78 is 31.6. The fourth-order valence-corrected chi connectivity index (χ4v) is 2.10. The molecule has 0 aliphatic heterocycles. The SMILES string of the molecule is CCOc1c(N)nsc1NCC(C)(C)S(C)(=O)=O.